The zero-order valence-corrected chi connectivity index (χ0v) is 15.4. The van der Waals surface area contributed by atoms with Crippen LogP contribution in [0.3, 0.4) is 0 Å². The van der Waals surface area contributed by atoms with Crippen LogP contribution in [0.25, 0.3) is 0 Å². The van der Waals surface area contributed by atoms with Gasteiger partial charge in [0.15, 0.2) is 11.0 Å². The third kappa shape index (κ3) is 4.68. The molecule has 0 saturated heterocycles. The number of amides is 1. The van der Waals surface area contributed by atoms with E-state index in [1.165, 1.54) is 11.8 Å². The van der Waals surface area contributed by atoms with Gasteiger partial charge in [0.1, 0.15) is 11.4 Å². The van der Waals surface area contributed by atoms with Crippen LogP contribution in [-0.2, 0) is 5.75 Å². The molecule has 3 aromatic rings. The summed E-state index contributed by atoms with van der Waals surface area (Å²) >= 11 is 1.36. The number of hydrogen-bond acceptors (Lipinski definition) is 6. The zero-order chi connectivity index (χ0) is 19.2. The minimum Gasteiger partial charge on any atom is -0.497 e. The number of nitrogen functional groups attached to an aromatic ring is 1. The SMILES string of the molecule is COc1ccc(C(=O)Nc2c(N)nc(SCc3ccccc3)[nH]c2=O)cc1. The van der Waals surface area contributed by atoms with Gasteiger partial charge in [-0.25, -0.2) is 4.98 Å². The topological polar surface area (TPSA) is 110 Å². The van der Waals surface area contributed by atoms with E-state index < -0.39 is 11.5 Å². The van der Waals surface area contributed by atoms with Gasteiger partial charge in [-0.05, 0) is 29.8 Å². The predicted molar refractivity (Wildman–Crippen MR) is 106 cm³/mol. The van der Waals surface area contributed by atoms with Crippen molar-refractivity contribution < 1.29 is 9.53 Å². The summed E-state index contributed by atoms with van der Waals surface area (Å²) in [6.07, 6.45) is 0. The normalized spacial score (nSPS) is 10.4. The first-order valence-electron chi connectivity index (χ1n) is 8.08. The van der Waals surface area contributed by atoms with Crippen LogP contribution in [0.1, 0.15) is 15.9 Å². The van der Waals surface area contributed by atoms with Crippen LogP contribution in [0.2, 0.25) is 0 Å². The van der Waals surface area contributed by atoms with Crippen molar-refractivity contribution in [3.63, 3.8) is 0 Å². The molecular weight excluding hydrogens is 364 g/mol. The van der Waals surface area contributed by atoms with E-state index in [1.54, 1.807) is 31.4 Å². The number of anilines is 2. The van der Waals surface area contributed by atoms with E-state index in [-0.39, 0.29) is 11.5 Å². The Kier molecular flexibility index (Phi) is 5.77. The molecule has 1 heterocycles. The minimum atomic E-state index is -0.500. The van der Waals surface area contributed by atoms with Crippen molar-refractivity contribution in [3.05, 3.63) is 76.1 Å². The minimum absolute atomic E-state index is 0.0313. The van der Waals surface area contributed by atoms with Gasteiger partial charge in [0.05, 0.1) is 7.11 Å². The van der Waals surface area contributed by atoms with Crippen LogP contribution in [0.5, 0.6) is 5.75 Å². The van der Waals surface area contributed by atoms with Crippen LogP contribution in [0.15, 0.2) is 64.5 Å². The fourth-order valence-corrected chi connectivity index (χ4v) is 3.14. The maximum Gasteiger partial charge on any atom is 0.277 e. The van der Waals surface area contributed by atoms with Crippen LogP contribution in [0, 0.1) is 0 Å². The Hall–Kier alpha value is -3.26. The van der Waals surface area contributed by atoms with E-state index in [4.69, 9.17) is 10.5 Å². The second-order valence-corrected chi connectivity index (χ2v) is 6.55. The molecule has 3 rings (SSSR count). The van der Waals surface area contributed by atoms with E-state index in [0.29, 0.717) is 22.2 Å². The summed E-state index contributed by atoms with van der Waals surface area (Å²) in [6, 6.07) is 16.3. The van der Waals surface area contributed by atoms with Gasteiger partial charge in [-0.1, -0.05) is 42.1 Å². The largest absolute Gasteiger partial charge is 0.497 e. The first kappa shape index (κ1) is 18.5. The molecule has 0 fully saturated rings. The summed E-state index contributed by atoms with van der Waals surface area (Å²) in [5.74, 6) is 0.781. The maximum absolute atomic E-state index is 12.3. The number of hydrogen-bond donors (Lipinski definition) is 3. The monoisotopic (exact) mass is 382 g/mol. The van der Waals surface area contributed by atoms with Crippen molar-refractivity contribution in [1.29, 1.82) is 0 Å². The van der Waals surface area contributed by atoms with Crippen molar-refractivity contribution in [2.45, 2.75) is 10.9 Å². The van der Waals surface area contributed by atoms with Crippen molar-refractivity contribution in [1.82, 2.24) is 9.97 Å². The summed E-state index contributed by atoms with van der Waals surface area (Å²) in [4.78, 5) is 31.5. The number of aromatic amines is 1. The molecule has 7 nitrogen and oxygen atoms in total. The lowest BCUT2D eigenvalue weighted by atomic mass is 10.2. The third-order valence-electron chi connectivity index (χ3n) is 3.73. The Morgan fingerprint density at radius 3 is 2.52 bits per heavy atom. The molecule has 0 aliphatic heterocycles. The lowest BCUT2D eigenvalue weighted by Crippen LogP contribution is -2.23. The molecule has 8 heteroatoms. The molecule has 0 unspecified atom stereocenters. The number of carbonyl (C=O) groups is 1. The highest BCUT2D eigenvalue weighted by Crippen LogP contribution is 2.21. The molecule has 2 aromatic carbocycles. The number of rotatable bonds is 6. The van der Waals surface area contributed by atoms with Gasteiger partial charge in [0, 0.05) is 11.3 Å². The first-order chi connectivity index (χ1) is 13.1. The van der Waals surface area contributed by atoms with Gasteiger partial charge >= 0.3 is 0 Å². The van der Waals surface area contributed by atoms with Crippen LogP contribution < -0.4 is 21.3 Å². The van der Waals surface area contributed by atoms with Gasteiger partial charge in [0.25, 0.3) is 11.5 Å². The number of thioether (sulfide) groups is 1. The third-order valence-corrected chi connectivity index (χ3v) is 4.68. The number of benzene rings is 2. The molecular formula is C19H18N4O3S. The number of carbonyl (C=O) groups excluding carboxylic acids is 1. The molecule has 0 aliphatic rings. The fourth-order valence-electron chi connectivity index (χ4n) is 2.31. The number of nitrogens with zero attached hydrogens (tertiary/aromatic N) is 1. The fraction of sp³-hybridized carbons (Fsp3) is 0.105. The smallest absolute Gasteiger partial charge is 0.277 e. The average molecular weight is 382 g/mol. The standard InChI is InChI=1S/C19H18N4O3S/c1-26-14-9-7-13(8-10-14)17(24)21-15-16(20)22-19(23-18(15)25)27-11-12-5-3-2-4-6-12/h2-10H,11H2,1H3,(H,21,24)(H3,20,22,23,25). The first-order valence-corrected chi connectivity index (χ1v) is 9.07. The number of methoxy groups -OCH3 is 1. The van der Waals surface area contributed by atoms with E-state index in [1.807, 2.05) is 30.3 Å². The summed E-state index contributed by atoms with van der Waals surface area (Å²) in [6.45, 7) is 0. The maximum atomic E-state index is 12.3. The van der Waals surface area contributed by atoms with E-state index >= 15 is 0 Å². The van der Waals surface area contributed by atoms with Gasteiger partial charge in [-0.3, -0.25) is 14.6 Å². The lowest BCUT2D eigenvalue weighted by Gasteiger charge is -2.09. The molecule has 0 saturated carbocycles. The van der Waals surface area contributed by atoms with Crippen molar-refractivity contribution >= 4 is 29.2 Å². The molecule has 0 spiro atoms. The van der Waals surface area contributed by atoms with E-state index in [0.717, 1.165) is 5.56 Å². The molecule has 27 heavy (non-hydrogen) atoms. The Balaban J connectivity index is 1.72. The second kappa shape index (κ2) is 8.41. The Morgan fingerprint density at radius 2 is 1.89 bits per heavy atom. The summed E-state index contributed by atoms with van der Waals surface area (Å²) < 4.78 is 5.05. The van der Waals surface area contributed by atoms with Crippen molar-refractivity contribution in [2.24, 2.45) is 0 Å². The number of nitrogens with one attached hydrogen (secondary N) is 2. The summed E-state index contributed by atoms with van der Waals surface area (Å²) in [5.41, 5.74) is 6.78. The molecule has 138 valence electrons. The van der Waals surface area contributed by atoms with Gasteiger partial charge < -0.3 is 15.8 Å². The highest BCUT2D eigenvalue weighted by Gasteiger charge is 2.14. The zero-order valence-electron chi connectivity index (χ0n) is 14.6. The molecule has 0 radical (unpaired) electrons. The number of nitrogens with two attached hydrogens (primary N) is 1. The second-order valence-electron chi connectivity index (χ2n) is 5.59. The molecule has 1 aromatic heterocycles. The van der Waals surface area contributed by atoms with E-state index in [2.05, 4.69) is 15.3 Å². The predicted octanol–water partition coefficient (Wildman–Crippen LogP) is 2.91. The van der Waals surface area contributed by atoms with Gasteiger partial charge in [0.2, 0.25) is 0 Å². The highest BCUT2D eigenvalue weighted by molar-refractivity contribution is 7.98. The molecule has 0 aliphatic carbocycles. The number of H-pyrrole nitrogens is 1. The lowest BCUT2D eigenvalue weighted by molar-refractivity contribution is 0.102. The Bertz CT molecular complexity index is 988. The number of ether oxygens (including phenoxy) is 1. The molecule has 1 amide bonds. The summed E-state index contributed by atoms with van der Waals surface area (Å²) in [5, 5.41) is 2.91. The van der Waals surface area contributed by atoms with E-state index in [9.17, 15) is 9.59 Å². The van der Waals surface area contributed by atoms with Gasteiger partial charge in [-0.2, -0.15) is 0 Å². The van der Waals surface area contributed by atoms with Gasteiger partial charge in [-0.15, -0.1) is 0 Å². The van der Waals surface area contributed by atoms with Crippen LogP contribution in [-0.4, -0.2) is 23.0 Å². The van der Waals surface area contributed by atoms with Crippen molar-refractivity contribution in [3.8, 4) is 5.75 Å². The van der Waals surface area contributed by atoms with Crippen molar-refractivity contribution in [2.75, 3.05) is 18.2 Å². The van der Waals surface area contributed by atoms with Crippen LogP contribution >= 0.6 is 11.8 Å². The average Bonchev–Trinajstić information content (AvgIpc) is 2.70. The molecule has 0 bridgehead atoms. The molecule has 0 atom stereocenters. The highest BCUT2D eigenvalue weighted by atomic mass is 32.2. The Morgan fingerprint density at radius 1 is 1.19 bits per heavy atom. The Labute approximate surface area is 160 Å². The van der Waals surface area contributed by atoms with Crippen LogP contribution in [0.4, 0.5) is 11.5 Å². The molecule has 4 N–H and O–H groups in total. The number of aromatic nitrogens is 2. The summed E-state index contributed by atoms with van der Waals surface area (Å²) in [7, 11) is 1.54. The quantitative estimate of drug-likeness (QED) is 0.447.